The van der Waals surface area contributed by atoms with Crippen molar-refractivity contribution in [1.29, 1.82) is 0 Å². The molecule has 0 fully saturated rings. The zero-order valence-corrected chi connectivity index (χ0v) is 17.7. The molecule has 152 valence electrons. The smallest absolute Gasteiger partial charge is 0.260 e. The van der Waals surface area contributed by atoms with Gasteiger partial charge < -0.3 is 9.64 Å². The molecule has 0 bridgehead atoms. The maximum Gasteiger partial charge on any atom is 0.260 e. The Hall–Kier alpha value is -3.15. The van der Waals surface area contributed by atoms with Crippen molar-refractivity contribution in [3.63, 3.8) is 0 Å². The number of aryl methyl sites for hydroxylation is 1. The van der Waals surface area contributed by atoms with Gasteiger partial charge in [-0.05, 0) is 54.7 Å². The van der Waals surface area contributed by atoms with Crippen LogP contribution in [0.5, 0.6) is 5.75 Å². The second-order valence-electron chi connectivity index (χ2n) is 7.60. The van der Waals surface area contributed by atoms with Crippen LogP contribution in [0.3, 0.4) is 0 Å². The maximum absolute atomic E-state index is 12.7. The van der Waals surface area contributed by atoms with Crippen molar-refractivity contribution in [3.8, 4) is 11.4 Å². The van der Waals surface area contributed by atoms with Crippen LogP contribution in [0.15, 0.2) is 55.1 Å². The van der Waals surface area contributed by atoms with E-state index < -0.39 is 0 Å². The molecule has 1 aromatic heterocycles. The first-order valence-electron chi connectivity index (χ1n) is 9.80. The average molecular weight is 393 g/mol. The number of ether oxygens (including phenoxy) is 1. The molecular weight excluding hydrogens is 364 g/mol. The SMILES string of the molecule is Cc1ccc(C(C)C)c(OCC(=O)N(C)C(C)c2ccc(-n3cncn3)cc2)c1. The Labute approximate surface area is 172 Å². The molecule has 0 aliphatic rings. The lowest BCUT2D eigenvalue weighted by Crippen LogP contribution is -2.33. The Morgan fingerprint density at radius 3 is 2.48 bits per heavy atom. The third kappa shape index (κ3) is 4.83. The number of aromatic nitrogens is 3. The molecule has 29 heavy (non-hydrogen) atoms. The van der Waals surface area contributed by atoms with E-state index in [1.165, 1.54) is 6.33 Å². The molecule has 0 N–H and O–H groups in total. The minimum Gasteiger partial charge on any atom is -0.483 e. The Morgan fingerprint density at radius 1 is 1.14 bits per heavy atom. The summed E-state index contributed by atoms with van der Waals surface area (Å²) in [5.41, 5.74) is 4.20. The van der Waals surface area contributed by atoms with Gasteiger partial charge in [-0.3, -0.25) is 4.79 Å². The molecule has 1 atom stereocenters. The highest BCUT2D eigenvalue weighted by Gasteiger charge is 2.19. The molecule has 3 rings (SSSR count). The number of carbonyl (C=O) groups is 1. The zero-order chi connectivity index (χ0) is 21.0. The fourth-order valence-electron chi connectivity index (χ4n) is 3.17. The molecular formula is C23H28N4O2. The standard InChI is InChI=1S/C23H28N4O2/c1-16(2)21-11-6-17(3)12-22(21)29-13-23(28)26(5)18(4)19-7-9-20(10-8-19)27-15-24-14-25-27/h6-12,14-16,18H,13H2,1-5H3. The highest BCUT2D eigenvalue weighted by molar-refractivity contribution is 5.78. The molecule has 0 aliphatic carbocycles. The van der Waals surface area contributed by atoms with Crippen molar-refractivity contribution in [2.75, 3.05) is 13.7 Å². The molecule has 6 heteroatoms. The summed E-state index contributed by atoms with van der Waals surface area (Å²) in [6, 6.07) is 14.0. The summed E-state index contributed by atoms with van der Waals surface area (Å²) in [6.07, 6.45) is 3.16. The van der Waals surface area contributed by atoms with Crippen molar-refractivity contribution in [2.45, 2.75) is 39.7 Å². The van der Waals surface area contributed by atoms with Crippen LogP contribution >= 0.6 is 0 Å². The van der Waals surface area contributed by atoms with E-state index in [0.29, 0.717) is 5.92 Å². The van der Waals surface area contributed by atoms with Crippen molar-refractivity contribution >= 4 is 5.91 Å². The first-order chi connectivity index (χ1) is 13.9. The number of amides is 1. The number of nitrogens with zero attached hydrogens (tertiary/aromatic N) is 4. The topological polar surface area (TPSA) is 60.2 Å². The third-order valence-electron chi connectivity index (χ3n) is 5.18. The normalized spacial score (nSPS) is 12.1. The van der Waals surface area contributed by atoms with Gasteiger partial charge in [0.25, 0.3) is 5.91 Å². The quantitative estimate of drug-likeness (QED) is 0.602. The van der Waals surface area contributed by atoms with Crippen molar-refractivity contribution in [1.82, 2.24) is 19.7 Å². The van der Waals surface area contributed by atoms with Crippen molar-refractivity contribution in [3.05, 3.63) is 71.8 Å². The van der Waals surface area contributed by atoms with Crippen LogP contribution in [0.4, 0.5) is 0 Å². The Kier molecular flexibility index (Phi) is 6.32. The van der Waals surface area contributed by atoms with Crippen LogP contribution in [-0.4, -0.2) is 39.2 Å². The molecule has 0 radical (unpaired) electrons. The average Bonchev–Trinajstić information content (AvgIpc) is 3.25. The molecule has 0 saturated heterocycles. The summed E-state index contributed by atoms with van der Waals surface area (Å²) < 4.78 is 7.61. The molecule has 0 spiro atoms. The molecule has 1 amide bonds. The summed E-state index contributed by atoms with van der Waals surface area (Å²) in [7, 11) is 1.81. The molecule has 0 saturated carbocycles. The van der Waals surface area contributed by atoms with Crippen LogP contribution < -0.4 is 4.74 Å². The van der Waals surface area contributed by atoms with Gasteiger partial charge in [-0.15, -0.1) is 0 Å². The van der Waals surface area contributed by atoms with Crippen LogP contribution in [-0.2, 0) is 4.79 Å². The van der Waals surface area contributed by atoms with E-state index in [4.69, 9.17) is 4.74 Å². The lowest BCUT2D eigenvalue weighted by atomic mass is 10.0. The summed E-state index contributed by atoms with van der Waals surface area (Å²) in [4.78, 5) is 18.4. The Bertz CT molecular complexity index is 950. The number of rotatable bonds is 7. The van der Waals surface area contributed by atoms with Crippen molar-refractivity contribution in [2.24, 2.45) is 0 Å². The molecule has 1 unspecified atom stereocenters. The molecule has 1 heterocycles. The highest BCUT2D eigenvalue weighted by atomic mass is 16.5. The zero-order valence-electron chi connectivity index (χ0n) is 17.7. The second-order valence-corrected chi connectivity index (χ2v) is 7.60. The lowest BCUT2D eigenvalue weighted by molar-refractivity contribution is -0.134. The van der Waals surface area contributed by atoms with Crippen molar-refractivity contribution < 1.29 is 9.53 Å². The molecule has 3 aromatic rings. The summed E-state index contributed by atoms with van der Waals surface area (Å²) in [5, 5.41) is 4.13. The van der Waals surface area contributed by atoms with Gasteiger partial charge in [-0.25, -0.2) is 9.67 Å². The van der Waals surface area contributed by atoms with Crippen LogP contribution in [0, 0.1) is 6.92 Å². The van der Waals surface area contributed by atoms with Gasteiger partial charge >= 0.3 is 0 Å². The summed E-state index contributed by atoms with van der Waals surface area (Å²) >= 11 is 0. The van der Waals surface area contributed by atoms with Crippen LogP contribution in [0.2, 0.25) is 0 Å². The van der Waals surface area contributed by atoms with Gasteiger partial charge in [0.2, 0.25) is 0 Å². The van der Waals surface area contributed by atoms with E-state index in [1.807, 2.05) is 44.2 Å². The molecule has 6 nitrogen and oxygen atoms in total. The van der Waals surface area contributed by atoms with Gasteiger partial charge in [0.05, 0.1) is 11.7 Å². The summed E-state index contributed by atoms with van der Waals surface area (Å²) in [5.74, 6) is 1.06. The van der Waals surface area contributed by atoms with Gasteiger partial charge in [0, 0.05) is 7.05 Å². The number of hydrogen-bond acceptors (Lipinski definition) is 4. The Morgan fingerprint density at radius 2 is 1.86 bits per heavy atom. The first kappa shape index (κ1) is 20.6. The number of carbonyl (C=O) groups excluding carboxylic acids is 1. The largest absolute Gasteiger partial charge is 0.483 e. The minimum atomic E-state index is -0.0713. The van der Waals surface area contributed by atoms with Crippen LogP contribution in [0.1, 0.15) is 49.4 Å². The van der Waals surface area contributed by atoms with Gasteiger partial charge in [0.1, 0.15) is 18.4 Å². The molecule has 0 aliphatic heterocycles. The van der Waals surface area contributed by atoms with E-state index in [-0.39, 0.29) is 18.6 Å². The second kappa shape index (κ2) is 8.90. The Balaban J connectivity index is 1.65. The maximum atomic E-state index is 12.7. The predicted octanol–water partition coefficient (Wildman–Crippen LogP) is 4.30. The number of hydrogen-bond donors (Lipinski definition) is 0. The van der Waals surface area contributed by atoms with Gasteiger partial charge in [0.15, 0.2) is 6.61 Å². The fourth-order valence-corrected chi connectivity index (χ4v) is 3.17. The predicted molar refractivity (Wildman–Crippen MR) is 113 cm³/mol. The van der Waals surface area contributed by atoms with E-state index in [2.05, 4.69) is 36.1 Å². The number of benzene rings is 2. The third-order valence-corrected chi connectivity index (χ3v) is 5.18. The van der Waals surface area contributed by atoms with Gasteiger partial charge in [-0.1, -0.05) is 38.1 Å². The lowest BCUT2D eigenvalue weighted by Gasteiger charge is -2.26. The van der Waals surface area contributed by atoms with Gasteiger partial charge in [-0.2, -0.15) is 5.10 Å². The monoisotopic (exact) mass is 392 g/mol. The first-order valence-corrected chi connectivity index (χ1v) is 9.80. The number of likely N-dealkylation sites (N-methyl/N-ethyl adjacent to an activating group) is 1. The van der Waals surface area contributed by atoms with E-state index in [0.717, 1.165) is 28.1 Å². The minimum absolute atomic E-state index is 0.0149. The highest BCUT2D eigenvalue weighted by Crippen LogP contribution is 2.28. The summed E-state index contributed by atoms with van der Waals surface area (Å²) in [6.45, 7) is 8.29. The van der Waals surface area contributed by atoms with Crippen LogP contribution in [0.25, 0.3) is 5.69 Å². The van der Waals surface area contributed by atoms with E-state index in [1.54, 1.807) is 23.0 Å². The van der Waals surface area contributed by atoms with E-state index >= 15 is 0 Å². The fraction of sp³-hybridized carbons (Fsp3) is 0.348. The van der Waals surface area contributed by atoms with E-state index in [9.17, 15) is 4.79 Å². The molecule has 2 aromatic carbocycles.